The second kappa shape index (κ2) is 5.13. The van der Waals surface area contributed by atoms with Gasteiger partial charge in [0.1, 0.15) is 11.6 Å². The van der Waals surface area contributed by atoms with Crippen LogP contribution in [0.1, 0.15) is 44.7 Å². The van der Waals surface area contributed by atoms with Gasteiger partial charge in [-0.2, -0.15) is 0 Å². The molecular formula is C14H19F2N. The van der Waals surface area contributed by atoms with E-state index in [4.69, 9.17) is 0 Å². The Balaban J connectivity index is 2.01. The molecule has 3 atom stereocenters. The van der Waals surface area contributed by atoms with E-state index in [-0.39, 0.29) is 6.04 Å². The molecule has 94 valence electrons. The predicted octanol–water partition coefficient (Wildman–Crippen LogP) is 3.80. The summed E-state index contributed by atoms with van der Waals surface area (Å²) in [5.41, 5.74) is 0.547. The maximum absolute atomic E-state index is 13.6. The van der Waals surface area contributed by atoms with Crippen LogP contribution in [-0.2, 0) is 0 Å². The molecule has 1 aromatic carbocycles. The van der Waals surface area contributed by atoms with E-state index in [9.17, 15) is 8.78 Å². The van der Waals surface area contributed by atoms with Crippen LogP contribution in [0.5, 0.6) is 0 Å². The molecular weight excluding hydrogens is 220 g/mol. The highest BCUT2D eigenvalue weighted by Gasteiger charge is 2.23. The van der Waals surface area contributed by atoms with Crippen LogP contribution in [0.4, 0.5) is 8.78 Å². The maximum Gasteiger partial charge on any atom is 0.130 e. The van der Waals surface area contributed by atoms with Gasteiger partial charge in [0.25, 0.3) is 0 Å². The normalized spacial score (nSPS) is 26.1. The van der Waals surface area contributed by atoms with Crippen molar-refractivity contribution in [2.24, 2.45) is 5.92 Å². The summed E-state index contributed by atoms with van der Waals surface area (Å²) in [4.78, 5) is 0. The lowest BCUT2D eigenvalue weighted by molar-refractivity contribution is 0.435. The Morgan fingerprint density at radius 3 is 2.65 bits per heavy atom. The Morgan fingerprint density at radius 2 is 2.06 bits per heavy atom. The van der Waals surface area contributed by atoms with Crippen molar-refractivity contribution in [3.8, 4) is 0 Å². The molecule has 17 heavy (non-hydrogen) atoms. The molecule has 1 nitrogen and oxygen atoms in total. The van der Waals surface area contributed by atoms with Crippen molar-refractivity contribution >= 4 is 0 Å². The lowest BCUT2D eigenvalue weighted by Crippen LogP contribution is -2.29. The summed E-state index contributed by atoms with van der Waals surface area (Å²) < 4.78 is 26.4. The van der Waals surface area contributed by atoms with Gasteiger partial charge in [-0.05, 0) is 38.2 Å². The summed E-state index contributed by atoms with van der Waals surface area (Å²) in [6, 6.07) is 4.19. The Kier molecular flexibility index (Phi) is 3.77. The molecule has 1 N–H and O–H groups in total. The first-order valence-corrected chi connectivity index (χ1v) is 6.27. The van der Waals surface area contributed by atoms with Gasteiger partial charge in [-0.3, -0.25) is 0 Å². The summed E-state index contributed by atoms with van der Waals surface area (Å²) in [5, 5.41) is 3.42. The first-order chi connectivity index (χ1) is 8.06. The van der Waals surface area contributed by atoms with Gasteiger partial charge in [0.05, 0.1) is 0 Å². The Morgan fingerprint density at radius 1 is 1.29 bits per heavy atom. The largest absolute Gasteiger partial charge is 0.307 e. The molecule has 1 aliphatic rings. The number of halogens is 2. The van der Waals surface area contributed by atoms with Crippen molar-refractivity contribution in [3.05, 3.63) is 35.4 Å². The predicted molar refractivity (Wildman–Crippen MR) is 64.7 cm³/mol. The van der Waals surface area contributed by atoms with Crippen LogP contribution in [-0.4, -0.2) is 6.04 Å². The smallest absolute Gasteiger partial charge is 0.130 e. The summed E-state index contributed by atoms with van der Waals surface area (Å²) in [6.45, 7) is 4.17. The first-order valence-electron chi connectivity index (χ1n) is 6.27. The van der Waals surface area contributed by atoms with Crippen molar-refractivity contribution in [3.63, 3.8) is 0 Å². The molecule has 0 bridgehead atoms. The molecule has 1 aromatic rings. The Bertz CT molecular complexity index is 392. The molecule has 2 rings (SSSR count). The lowest BCUT2D eigenvalue weighted by atomic mass is 10.1. The highest BCUT2D eigenvalue weighted by atomic mass is 19.1. The maximum atomic E-state index is 13.6. The minimum Gasteiger partial charge on any atom is -0.307 e. The highest BCUT2D eigenvalue weighted by Crippen LogP contribution is 2.27. The Labute approximate surface area is 101 Å². The molecule has 0 heterocycles. The van der Waals surface area contributed by atoms with E-state index >= 15 is 0 Å². The lowest BCUT2D eigenvalue weighted by Gasteiger charge is -2.20. The van der Waals surface area contributed by atoms with Crippen molar-refractivity contribution in [1.29, 1.82) is 0 Å². The van der Waals surface area contributed by atoms with Crippen LogP contribution >= 0.6 is 0 Å². The van der Waals surface area contributed by atoms with Crippen LogP contribution < -0.4 is 5.32 Å². The molecule has 1 fully saturated rings. The van der Waals surface area contributed by atoms with E-state index in [1.165, 1.54) is 18.6 Å². The zero-order valence-electron chi connectivity index (χ0n) is 10.3. The van der Waals surface area contributed by atoms with Gasteiger partial charge in [0, 0.05) is 23.7 Å². The molecule has 3 unspecified atom stereocenters. The SMILES string of the molecule is CC1CCC(NC(C)c2ccc(F)cc2F)C1. The van der Waals surface area contributed by atoms with Crippen molar-refractivity contribution in [2.75, 3.05) is 0 Å². The average molecular weight is 239 g/mol. The molecule has 0 radical (unpaired) electrons. The van der Waals surface area contributed by atoms with E-state index in [0.717, 1.165) is 24.8 Å². The molecule has 3 heteroatoms. The second-order valence-corrected chi connectivity index (χ2v) is 5.17. The topological polar surface area (TPSA) is 12.0 Å². The standard InChI is InChI=1S/C14H19F2N/c1-9-3-5-12(7-9)17-10(2)13-6-4-11(15)8-14(13)16/h4,6,8-10,12,17H,3,5,7H2,1-2H3. The van der Waals surface area contributed by atoms with E-state index in [2.05, 4.69) is 12.2 Å². The quantitative estimate of drug-likeness (QED) is 0.846. The van der Waals surface area contributed by atoms with Crippen molar-refractivity contribution in [2.45, 2.75) is 45.2 Å². The average Bonchev–Trinajstić information content (AvgIpc) is 2.63. The third kappa shape index (κ3) is 3.03. The van der Waals surface area contributed by atoms with E-state index in [1.807, 2.05) is 6.92 Å². The van der Waals surface area contributed by atoms with Crippen LogP contribution in [0.2, 0.25) is 0 Å². The summed E-state index contributed by atoms with van der Waals surface area (Å²) in [7, 11) is 0. The number of hydrogen-bond donors (Lipinski definition) is 1. The second-order valence-electron chi connectivity index (χ2n) is 5.17. The summed E-state index contributed by atoms with van der Waals surface area (Å²) in [6.07, 6.45) is 3.53. The third-order valence-electron chi connectivity index (χ3n) is 3.61. The van der Waals surface area contributed by atoms with Crippen molar-refractivity contribution in [1.82, 2.24) is 5.32 Å². The van der Waals surface area contributed by atoms with Crippen molar-refractivity contribution < 1.29 is 8.78 Å². The van der Waals surface area contributed by atoms with E-state index in [1.54, 1.807) is 0 Å². The summed E-state index contributed by atoms with van der Waals surface area (Å²) in [5.74, 6) is -0.234. The molecule has 1 saturated carbocycles. The highest BCUT2D eigenvalue weighted by molar-refractivity contribution is 5.21. The monoisotopic (exact) mass is 239 g/mol. The van der Waals surface area contributed by atoms with Gasteiger partial charge in [-0.15, -0.1) is 0 Å². The fraction of sp³-hybridized carbons (Fsp3) is 0.571. The molecule has 0 amide bonds. The van der Waals surface area contributed by atoms with E-state index < -0.39 is 11.6 Å². The first kappa shape index (κ1) is 12.5. The zero-order valence-corrected chi connectivity index (χ0v) is 10.3. The fourth-order valence-electron chi connectivity index (χ4n) is 2.65. The minimum absolute atomic E-state index is 0.0640. The minimum atomic E-state index is -0.520. The fourth-order valence-corrected chi connectivity index (χ4v) is 2.65. The molecule has 0 spiro atoms. The van der Waals surface area contributed by atoms with E-state index in [0.29, 0.717) is 11.6 Å². The van der Waals surface area contributed by atoms with Gasteiger partial charge < -0.3 is 5.32 Å². The van der Waals surface area contributed by atoms with Crippen LogP contribution in [0.15, 0.2) is 18.2 Å². The molecule has 1 aliphatic carbocycles. The van der Waals surface area contributed by atoms with Gasteiger partial charge >= 0.3 is 0 Å². The van der Waals surface area contributed by atoms with Gasteiger partial charge in [-0.1, -0.05) is 13.0 Å². The number of nitrogens with one attached hydrogen (secondary N) is 1. The summed E-state index contributed by atoms with van der Waals surface area (Å²) >= 11 is 0. The molecule has 0 saturated heterocycles. The molecule has 0 aromatic heterocycles. The zero-order chi connectivity index (χ0) is 12.4. The number of benzene rings is 1. The number of hydrogen-bond acceptors (Lipinski definition) is 1. The van der Waals surface area contributed by atoms with Crippen LogP contribution in [0.25, 0.3) is 0 Å². The van der Waals surface area contributed by atoms with Crippen LogP contribution in [0.3, 0.4) is 0 Å². The van der Waals surface area contributed by atoms with Gasteiger partial charge in [0.15, 0.2) is 0 Å². The van der Waals surface area contributed by atoms with Crippen LogP contribution in [0, 0.1) is 17.6 Å². The van der Waals surface area contributed by atoms with Gasteiger partial charge in [-0.25, -0.2) is 8.78 Å². The molecule has 0 aliphatic heterocycles. The van der Waals surface area contributed by atoms with Gasteiger partial charge in [0.2, 0.25) is 0 Å². The third-order valence-corrected chi connectivity index (χ3v) is 3.61. The number of rotatable bonds is 3. The Hall–Kier alpha value is -0.960.